The summed E-state index contributed by atoms with van der Waals surface area (Å²) in [5.41, 5.74) is 5.79. The Morgan fingerprint density at radius 2 is 1.95 bits per heavy atom. The quantitative estimate of drug-likeness (QED) is 0.714. The number of hydrogen-bond donors (Lipinski definition) is 1. The van der Waals surface area contributed by atoms with Gasteiger partial charge in [-0.2, -0.15) is 0 Å². The highest BCUT2D eigenvalue weighted by atomic mass is 32.1. The van der Waals surface area contributed by atoms with Crippen molar-refractivity contribution in [1.82, 2.24) is 14.7 Å². The minimum atomic E-state index is 0.206. The molecule has 2 N–H and O–H groups in total. The Bertz CT molecular complexity index is 364. The normalized spacial score (nSPS) is 22.5. The summed E-state index contributed by atoms with van der Waals surface area (Å²) in [6.07, 6.45) is 3.29. The average Bonchev–Trinajstić information content (AvgIpc) is 3.24. The second-order valence-electron chi connectivity index (χ2n) is 5.87. The van der Waals surface area contributed by atoms with Crippen molar-refractivity contribution < 1.29 is 4.79 Å². The van der Waals surface area contributed by atoms with E-state index < -0.39 is 0 Å². The van der Waals surface area contributed by atoms with Crippen LogP contribution in [0.25, 0.3) is 0 Å². The molecular formula is C14H26N4OS. The molecular weight excluding hydrogens is 272 g/mol. The summed E-state index contributed by atoms with van der Waals surface area (Å²) in [6, 6.07) is 0.708. The van der Waals surface area contributed by atoms with Gasteiger partial charge in [0.2, 0.25) is 5.91 Å². The number of carbonyl (C=O) groups is 1. The van der Waals surface area contributed by atoms with Crippen LogP contribution in [0.2, 0.25) is 0 Å². The second kappa shape index (κ2) is 6.83. The Labute approximate surface area is 127 Å². The van der Waals surface area contributed by atoms with Gasteiger partial charge in [-0.3, -0.25) is 14.6 Å². The minimum absolute atomic E-state index is 0.206. The van der Waals surface area contributed by atoms with Gasteiger partial charge in [0.25, 0.3) is 0 Å². The molecule has 0 radical (unpaired) electrons. The lowest BCUT2D eigenvalue weighted by atomic mass is 10.1. The predicted octanol–water partition coefficient (Wildman–Crippen LogP) is 0.290. The third-order valence-electron chi connectivity index (χ3n) is 4.41. The van der Waals surface area contributed by atoms with E-state index in [1.165, 1.54) is 12.8 Å². The van der Waals surface area contributed by atoms with Crippen molar-refractivity contribution in [2.75, 3.05) is 39.8 Å². The van der Waals surface area contributed by atoms with E-state index in [2.05, 4.69) is 16.7 Å². The molecule has 5 nitrogen and oxygen atoms in total. The number of thiocarbonyl (C=S) groups is 1. The molecule has 0 aromatic carbocycles. The van der Waals surface area contributed by atoms with Crippen LogP contribution in [0.3, 0.4) is 0 Å². The number of amides is 1. The number of piperazine rings is 1. The van der Waals surface area contributed by atoms with Crippen molar-refractivity contribution in [2.45, 2.75) is 38.3 Å². The van der Waals surface area contributed by atoms with Crippen molar-refractivity contribution in [3.8, 4) is 0 Å². The third kappa shape index (κ3) is 3.90. The maximum absolute atomic E-state index is 12.1. The monoisotopic (exact) mass is 298 g/mol. The fourth-order valence-corrected chi connectivity index (χ4v) is 3.16. The first-order chi connectivity index (χ1) is 9.52. The Kier molecular flexibility index (Phi) is 5.35. The highest BCUT2D eigenvalue weighted by Gasteiger charge is 2.31. The van der Waals surface area contributed by atoms with E-state index in [0.29, 0.717) is 17.6 Å². The second-order valence-corrected chi connectivity index (χ2v) is 6.35. The van der Waals surface area contributed by atoms with Crippen LogP contribution in [0.1, 0.15) is 26.2 Å². The molecule has 1 amide bonds. The number of hydrogen-bond acceptors (Lipinski definition) is 4. The van der Waals surface area contributed by atoms with Gasteiger partial charge in [0.15, 0.2) is 0 Å². The zero-order valence-corrected chi connectivity index (χ0v) is 13.4. The molecule has 114 valence electrons. The van der Waals surface area contributed by atoms with Gasteiger partial charge in [-0.25, -0.2) is 0 Å². The molecule has 1 atom stereocenters. The summed E-state index contributed by atoms with van der Waals surface area (Å²) in [5, 5.41) is 0. The van der Waals surface area contributed by atoms with Crippen LogP contribution >= 0.6 is 12.2 Å². The molecule has 0 spiro atoms. The van der Waals surface area contributed by atoms with Gasteiger partial charge in [0.1, 0.15) is 0 Å². The molecule has 0 aromatic heterocycles. The summed E-state index contributed by atoms with van der Waals surface area (Å²) in [6.45, 7) is 6.38. The fraction of sp³-hybridized carbons (Fsp3) is 0.857. The molecule has 6 heteroatoms. The lowest BCUT2D eigenvalue weighted by Crippen LogP contribution is -2.55. The number of likely N-dealkylation sites (N-methyl/N-ethyl adjacent to an activating group) is 1. The van der Waals surface area contributed by atoms with Gasteiger partial charge in [0.05, 0.1) is 17.6 Å². The number of nitrogens with two attached hydrogens (primary N) is 1. The standard InChI is InChI=1S/C14H26N4OS/c1-3-12(14(15)20)18-8-6-17(7-9-18)10-13(19)16(2)11-4-5-11/h11-12H,3-10H2,1-2H3,(H2,15,20). The van der Waals surface area contributed by atoms with Crippen molar-refractivity contribution in [3.63, 3.8) is 0 Å². The topological polar surface area (TPSA) is 52.8 Å². The van der Waals surface area contributed by atoms with Crippen LogP contribution in [0.15, 0.2) is 0 Å². The summed E-state index contributed by atoms with van der Waals surface area (Å²) in [4.78, 5) is 19.2. The van der Waals surface area contributed by atoms with Crippen LogP contribution in [-0.2, 0) is 4.79 Å². The molecule has 2 rings (SSSR count). The van der Waals surface area contributed by atoms with Gasteiger partial charge in [0, 0.05) is 39.3 Å². The SMILES string of the molecule is CCC(C(N)=S)N1CCN(CC(=O)N(C)C2CC2)CC1. The van der Waals surface area contributed by atoms with Crippen LogP contribution < -0.4 is 5.73 Å². The van der Waals surface area contributed by atoms with E-state index in [4.69, 9.17) is 18.0 Å². The molecule has 2 fully saturated rings. The van der Waals surface area contributed by atoms with E-state index in [1.807, 2.05) is 11.9 Å². The molecule has 2 aliphatic rings. The first-order valence-electron chi connectivity index (χ1n) is 7.54. The van der Waals surface area contributed by atoms with E-state index in [0.717, 1.165) is 32.6 Å². The fourth-order valence-electron chi connectivity index (χ4n) is 2.84. The maximum atomic E-state index is 12.1. The molecule has 1 unspecified atom stereocenters. The lowest BCUT2D eigenvalue weighted by Gasteiger charge is -2.38. The summed E-state index contributed by atoms with van der Waals surface area (Å²) in [7, 11) is 1.93. The van der Waals surface area contributed by atoms with Gasteiger partial charge in [-0.05, 0) is 19.3 Å². The van der Waals surface area contributed by atoms with Crippen LogP contribution in [0.4, 0.5) is 0 Å². The zero-order chi connectivity index (χ0) is 14.7. The van der Waals surface area contributed by atoms with Crippen LogP contribution in [0.5, 0.6) is 0 Å². The highest BCUT2D eigenvalue weighted by Crippen LogP contribution is 2.25. The zero-order valence-electron chi connectivity index (χ0n) is 12.5. The van der Waals surface area contributed by atoms with Gasteiger partial charge >= 0.3 is 0 Å². The van der Waals surface area contributed by atoms with Crippen molar-refractivity contribution >= 4 is 23.1 Å². The van der Waals surface area contributed by atoms with E-state index in [1.54, 1.807) is 0 Å². The molecule has 1 aliphatic carbocycles. The predicted molar refractivity (Wildman–Crippen MR) is 84.7 cm³/mol. The van der Waals surface area contributed by atoms with Crippen LogP contribution in [-0.4, -0.2) is 77.5 Å². The van der Waals surface area contributed by atoms with E-state index in [9.17, 15) is 4.79 Å². The van der Waals surface area contributed by atoms with Gasteiger partial charge < -0.3 is 10.6 Å². The lowest BCUT2D eigenvalue weighted by molar-refractivity contribution is -0.132. The molecule has 1 heterocycles. The molecule has 1 aliphatic heterocycles. The molecule has 1 saturated heterocycles. The summed E-state index contributed by atoms with van der Waals surface area (Å²) in [5.74, 6) is 0.252. The molecule has 1 saturated carbocycles. The molecule has 0 aromatic rings. The highest BCUT2D eigenvalue weighted by molar-refractivity contribution is 7.80. The van der Waals surface area contributed by atoms with Crippen molar-refractivity contribution in [1.29, 1.82) is 0 Å². The first kappa shape index (κ1) is 15.7. The number of carbonyl (C=O) groups excluding carboxylic acids is 1. The van der Waals surface area contributed by atoms with E-state index in [-0.39, 0.29) is 11.9 Å². The number of rotatable bonds is 6. The van der Waals surface area contributed by atoms with E-state index >= 15 is 0 Å². The maximum Gasteiger partial charge on any atom is 0.236 e. The summed E-state index contributed by atoms with van der Waals surface area (Å²) >= 11 is 5.13. The van der Waals surface area contributed by atoms with Crippen molar-refractivity contribution in [2.24, 2.45) is 5.73 Å². The molecule has 20 heavy (non-hydrogen) atoms. The van der Waals surface area contributed by atoms with Gasteiger partial charge in [-0.1, -0.05) is 19.1 Å². The van der Waals surface area contributed by atoms with Crippen molar-refractivity contribution in [3.05, 3.63) is 0 Å². The Morgan fingerprint density at radius 1 is 1.35 bits per heavy atom. The van der Waals surface area contributed by atoms with Crippen LogP contribution in [0, 0.1) is 0 Å². The first-order valence-corrected chi connectivity index (χ1v) is 7.95. The Morgan fingerprint density at radius 3 is 2.40 bits per heavy atom. The molecule has 0 bridgehead atoms. The van der Waals surface area contributed by atoms with Gasteiger partial charge in [-0.15, -0.1) is 0 Å². The third-order valence-corrected chi connectivity index (χ3v) is 4.68. The minimum Gasteiger partial charge on any atom is -0.392 e. The Balaban J connectivity index is 1.76. The summed E-state index contributed by atoms with van der Waals surface area (Å²) < 4.78 is 0. The average molecular weight is 298 g/mol. The number of nitrogens with zero attached hydrogens (tertiary/aromatic N) is 3. The Hall–Kier alpha value is -0.720. The largest absolute Gasteiger partial charge is 0.392 e. The smallest absolute Gasteiger partial charge is 0.236 e.